The van der Waals surface area contributed by atoms with Gasteiger partial charge in [-0.05, 0) is 20.3 Å². The Morgan fingerprint density at radius 1 is 1.50 bits per heavy atom. The molecule has 1 saturated heterocycles. The van der Waals surface area contributed by atoms with Crippen molar-refractivity contribution in [3.8, 4) is 0 Å². The van der Waals surface area contributed by atoms with E-state index in [-0.39, 0.29) is 24.5 Å². The third-order valence-electron chi connectivity index (χ3n) is 4.09. The first-order chi connectivity index (χ1) is 11.6. The normalized spacial score (nSPS) is 20.9. The van der Waals surface area contributed by atoms with Crippen LogP contribution in [0, 0.1) is 13.8 Å². The van der Waals surface area contributed by atoms with E-state index in [0.29, 0.717) is 25.6 Å². The van der Waals surface area contributed by atoms with Crippen LogP contribution < -0.4 is 5.32 Å². The van der Waals surface area contributed by atoms with Crippen molar-refractivity contribution in [1.82, 2.24) is 15.5 Å². The van der Waals surface area contributed by atoms with Crippen LogP contribution in [0.15, 0.2) is 15.4 Å². The van der Waals surface area contributed by atoms with Crippen molar-refractivity contribution in [2.45, 2.75) is 45.4 Å². The largest absolute Gasteiger partial charge is 0.379 e. The Bertz CT molecular complexity index is 651. The highest BCUT2D eigenvalue weighted by Crippen LogP contribution is 2.16. The first kappa shape index (κ1) is 17.1. The second-order valence-corrected chi connectivity index (χ2v) is 6.57. The van der Waals surface area contributed by atoms with Crippen LogP contribution in [-0.2, 0) is 27.3 Å². The Morgan fingerprint density at radius 3 is 3.08 bits per heavy atom. The smallest absolute Gasteiger partial charge is 0.225 e. The van der Waals surface area contributed by atoms with Crippen LogP contribution in [0.25, 0.3) is 0 Å². The van der Waals surface area contributed by atoms with Crippen molar-refractivity contribution in [3.63, 3.8) is 0 Å². The molecule has 0 spiro atoms. The highest BCUT2D eigenvalue weighted by atomic mass is 32.1. The zero-order valence-corrected chi connectivity index (χ0v) is 14.6. The van der Waals surface area contributed by atoms with Crippen molar-refractivity contribution in [2.75, 3.05) is 13.2 Å². The van der Waals surface area contributed by atoms with Gasteiger partial charge >= 0.3 is 0 Å². The summed E-state index contributed by atoms with van der Waals surface area (Å²) in [7, 11) is 0. The molecule has 24 heavy (non-hydrogen) atoms. The van der Waals surface area contributed by atoms with E-state index in [1.807, 2.05) is 19.2 Å². The second-order valence-electron chi connectivity index (χ2n) is 5.85. The van der Waals surface area contributed by atoms with E-state index in [1.54, 1.807) is 16.8 Å². The Morgan fingerprint density at radius 2 is 2.38 bits per heavy atom. The molecule has 1 aliphatic rings. The van der Waals surface area contributed by atoms with E-state index in [1.165, 1.54) is 0 Å². The fourth-order valence-electron chi connectivity index (χ4n) is 2.73. The van der Waals surface area contributed by atoms with E-state index >= 15 is 0 Å². The summed E-state index contributed by atoms with van der Waals surface area (Å²) in [4.78, 5) is 16.6. The standard InChI is InChI=1S/C16H21N3O4S/c1-10-13(11(2)23-19-10)5-16(20)18-14-7-21-4-3-15(14)22-6-12-8-24-9-17-12/h8-9,14-15H,3-7H2,1-2H3,(H,18,20)/t14-,15+/m1/s1. The summed E-state index contributed by atoms with van der Waals surface area (Å²) < 4.78 is 16.5. The van der Waals surface area contributed by atoms with E-state index in [0.717, 1.165) is 23.4 Å². The van der Waals surface area contributed by atoms with Crippen molar-refractivity contribution in [2.24, 2.45) is 0 Å². The molecular formula is C16H21N3O4S. The molecule has 1 aliphatic heterocycles. The quantitative estimate of drug-likeness (QED) is 0.854. The lowest BCUT2D eigenvalue weighted by Gasteiger charge is -2.32. The van der Waals surface area contributed by atoms with Gasteiger partial charge in [-0.3, -0.25) is 4.79 Å². The van der Waals surface area contributed by atoms with E-state index in [9.17, 15) is 4.79 Å². The van der Waals surface area contributed by atoms with E-state index < -0.39 is 0 Å². The molecule has 7 nitrogen and oxygen atoms in total. The van der Waals surface area contributed by atoms with Gasteiger partial charge in [0.1, 0.15) is 5.76 Å². The zero-order valence-electron chi connectivity index (χ0n) is 13.8. The molecule has 1 amide bonds. The fraction of sp³-hybridized carbons (Fsp3) is 0.562. The minimum absolute atomic E-state index is 0.0749. The molecule has 130 valence electrons. The molecule has 1 N–H and O–H groups in total. The molecule has 2 aromatic rings. The lowest BCUT2D eigenvalue weighted by molar-refractivity contribution is -0.126. The number of aryl methyl sites for hydroxylation is 2. The summed E-state index contributed by atoms with van der Waals surface area (Å²) in [5.41, 5.74) is 4.28. The Labute approximate surface area is 144 Å². The number of amides is 1. The Hall–Kier alpha value is -1.77. The third kappa shape index (κ3) is 4.19. The molecular weight excluding hydrogens is 330 g/mol. The molecule has 0 unspecified atom stereocenters. The summed E-state index contributed by atoms with van der Waals surface area (Å²) >= 11 is 1.54. The number of ether oxygens (including phenoxy) is 2. The molecule has 0 bridgehead atoms. The number of aromatic nitrogens is 2. The maximum Gasteiger partial charge on any atom is 0.225 e. The lowest BCUT2D eigenvalue weighted by Crippen LogP contribution is -2.51. The molecule has 0 radical (unpaired) electrons. The van der Waals surface area contributed by atoms with Gasteiger partial charge in [0.05, 0.1) is 48.7 Å². The molecule has 0 aromatic carbocycles. The molecule has 1 fully saturated rings. The lowest BCUT2D eigenvalue weighted by atomic mass is 10.1. The molecule has 3 heterocycles. The Kier molecular flexibility index (Phi) is 5.60. The maximum atomic E-state index is 12.4. The molecule has 2 atom stereocenters. The number of nitrogens with zero attached hydrogens (tertiary/aromatic N) is 2. The molecule has 0 aliphatic carbocycles. The second kappa shape index (κ2) is 7.87. The molecule has 8 heteroatoms. The van der Waals surface area contributed by atoms with Crippen LogP contribution in [0.3, 0.4) is 0 Å². The van der Waals surface area contributed by atoms with E-state index in [2.05, 4.69) is 15.5 Å². The predicted octanol–water partition coefficient (Wildman–Crippen LogP) is 1.78. The first-order valence-corrected chi connectivity index (χ1v) is 8.85. The van der Waals surface area contributed by atoms with Gasteiger partial charge in [-0.1, -0.05) is 5.16 Å². The van der Waals surface area contributed by atoms with Gasteiger partial charge in [0, 0.05) is 17.6 Å². The van der Waals surface area contributed by atoms with Gasteiger partial charge in [0.25, 0.3) is 0 Å². The van der Waals surface area contributed by atoms with Crippen molar-refractivity contribution in [3.05, 3.63) is 33.6 Å². The van der Waals surface area contributed by atoms with Crippen LogP contribution in [-0.4, -0.2) is 41.4 Å². The van der Waals surface area contributed by atoms with E-state index in [4.69, 9.17) is 14.0 Å². The van der Waals surface area contributed by atoms with Gasteiger partial charge in [-0.15, -0.1) is 11.3 Å². The number of hydrogen-bond acceptors (Lipinski definition) is 7. The minimum atomic E-state index is -0.162. The van der Waals surface area contributed by atoms with Crippen LogP contribution in [0.2, 0.25) is 0 Å². The first-order valence-electron chi connectivity index (χ1n) is 7.91. The van der Waals surface area contributed by atoms with Gasteiger partial charge in [0.15, 0.2) is 0 Å². The average Bonchev–Trinajstić information content (AvgIpc) is 3.19. The zero-order chi connectivity index (χ0) is 16.9. The molecule has 3 rings (SSSR count). The van der Waals surface area contributed by atoms with Crippen molar-refractivity contribution in [1.29, 1.82) is 0 Å². The van der Waals surface area contributed by atoms with Crippen LogP contribution in [0.1, 0.15) is 29.1 Å². The summed E-state index contributed by atoms with van der Waals surface area (Å²) in [5, 5.41) is 8.86. The summed E-state index contributed by atoms with van der Waals surface area (Å²) in [5.74, 6) is 0.598. The summed E-state index contributed by atoms with van der Waals surface area (Å²) in [6, 6.07) is -0.162. The number of hydrogen-bond donors (Lipinski definition) is 1. The highest BCUT2D eigenvalue weighted by Gasteiger charge is 2.28. The number of rotatable bonds is 6. The van der Waals surface area contributed by atoms with Crippen molar-refractivity contribution >= 4 is 17.2 Å². The monoisotopic (exact) mass is 351 g/mol. The number of thiazole rings is 1. The van der Waals surface area contributed by atoms with Gasteiger partial charge in [0.2, 0.25) is 5.91 Å². The number of carbonyl (C=O) groups is 1. The van der Waals surface area contributed by atoms with Crippen LogP contribution >= 0.6 is 11.3 Å². The summed E-state index contributed by atoms with van der Waals surface area (Å²) in [6.07, 6.45) is 0.922. The predicted molar refractivity (Wildman–Crippen MR) is 87.7 cm³/mol. The topological polar surface area (TPSA) is 86.5 Å². The number of carbonyl (C=O) groups excluding carboxylic acids is 1. The Balaban J connectivity index is 1.55. The molecule has 0 saturated carbocycles. The number of nitrogens with one attached hydrogen (secondary N) is 1. The van der Waals surface area contributed by atoms with Crippen LogP contribution in [0.4, 0.5) is 0 Å². The third-order valence-corrected chi connectivity index (χ3v) is 4.72. The minimum Gasteiger partial charge on any atom is -0.379 e. The van der Waals surface area contributed by atoms with Gasteiger partial charge in [-0.25, -0.2) is 4.98 Å². The highest BCUT2D eigenvalue weighted by molar-refractivity contribution is 7.07. The van der Waals surface area contributed by atoms with Gasteiger partial charge in [-0.2, -0.15) is 0 Å². The summed E-state index contributed by atoms with van der Waals surface area (Å²) in [6.45, 7) is 5.19. The SMILES string of the molecule is Cc1noc(C)c1CC(=O)N[C@@H]1COCC[C@@H]1OCc1cscn1. The average molecular weight is 351 g/mol. The maximum absolute atomic E-state index is 12.4. The van der Waals surface area contributed by atoms with Crippen LogP contribution in [0.5, 0.6) is 0 Å². The van der Waals surface area contributed by atoms with Crippen molar-refractivity contribution < 1.29 is 18.8 Å². The fourth-order valence-corrected chi connectivity index (χ4v) is 3.27. The van der Waals surface area contributed by atoms with Gasteiger partial charge < -0.3 is 19.3 Å². The molecule has 2 aromatic heterocycles.